The Morgan fingerprint density at radius 1 is 1.28 bits per heavy atom. The second-order valence-corrected chi connectivity index (χ2v) is 4.35. The van der Waals surface area contributed by atoms with Gasteiger partial charge in [-0.25, -0.2) is 9.97 Å². The lowest BCUT2D eigenvalue weighted by molar-refractivity contribution is 0.570. The van der Waals surface area contributed by atoms with Crippen molar-refractivity contribution in [1.82, 2.24) is 15.0 Å². The molecule has 0 unspecified atom stereocenters. The molecule has 0 aliphatic heterocycles. The highest BCUT2D eigenvalue weighted by Crippen LogP contribution is 2.21. The van der Waals surface area contributed by atoms with Crippen molar-refractivity contribution in [3.8, 4) is 0 Å². The summed E-state index contributed by atoms with van der Waals surface area (Å²) in [6.45, 7) is 1.99. The number of H-pyrrole nitrogens is 1. The molecule has 3 heterocycles. The van der Waals surface area contributed by atoms with Gasteiger partial charge in [0.1, 0.15) is 5.65 Å². The number of nitrogens with one attached hydrogen (secondary N) is 1. The molecule has 3 nitrogen and oxygen atoms in total. The first-order valence-electron chi connectivity index (χ1n) is 5.76. The van der Waals surface area contributed by atoms with Crippen molar-refractivity contribution in [1.29, 1.82) is 0 Å². The molecule has 0 aliphatic carbocycles. The minimum Gasteiger partial charge on any atom is -0.346 e. The van der Waals surface area contributed by atoms with Crippen LogP contribution in [0, 0.1) is 12.9 Å². The molecule has 0 aliphatic rings. The highest BCUT2D eigenvalue weighted by molar-refractivity contribution is 5.80. The number of aryl methyl sites for hydroxylation is 1. The summed E-state index contributed by atoms with van der Waals surface area (Å²) in [5.74, 6) is -0.410. The second kappa shape index (κ2) is 4.22. The van der Waals surface area contributed by atoms with E-state index in [9.17, 15) is 4.39 Å². The van der Waals surface area contributed by atoms with Gasteiger partial charge in [0, 0.05) is 36.0 Å². The third-order valence-electron chi connectivity index (χ3n) is 2.97. The van der Waals surface area contributed by atoms with E-state index in [-0.39, 0.29) is 0 Å². The van der Waals surface area contributed by atoms with Crippen molar-refractivity contribution in [2.45, 2.75) is 13.3 Å². The minimum absolute atomic E-state index is 0.410. The molecule has 0 saturated carbocycles. The van der Waals surface area contributed by atoms with Crippen LogP contribution in [0.4, 0.5) is 4.39 Å². The van der Waals surface area contributed by atoms with Crippen molar-refractivity contribution < 1.29 is 4.39 Å². The molecule has 1 N–H and O–H groups in total. The Bertz CT molecular complexity index is 703. The van der Waals surface area contributed by atoms with Gasteiger partial charge in [0.15, 0.2) is 0 Å². The Labute approximate surface area is 104 Å². The van der Waals surface area contributed by atoms with Crippen LogP contribution >= 0.6 is 0 Å². The fourth-order valence-corrected chi connectivity index (χ4v) is 2.06. The molecule has 90 valence electrons. The molecule has 0 radical (unpaired) electrons. The van der Waals surface area contributed by atoms with Gasteiger partial charge in [-0.05, 0) is 30.2 Å². The molecule has 0 fully saturated rings. The van der Waals surface area contributed by atoms with Gasteiger partial charge in [-0.1, -0.05) is 6.07 Å². The topological polar surface area (TPSA) is 41.6 Å². The molecule has 0 bridgehead atoms. The Kier molecular flexibility index (Phi) is 2.55. The zero-order chi connectivity index (χ0) is 12.5. The summed E-state index contributed by atoms with van der Waals surface area (Å²) in [6.07, 6.45) is 5.67. The van der Waals surface area contributed by atoms with Crippen molar-refractivity contribution in [3.63, 3.8) is 0 Å². The third kappa shape index (κ3) is 1.86. The second-order valence-electron chi connectivity index (χ2n) is 4.35. The van der Waals surface area contributed by atoms with Crippen LogP contribution in [0.3, 0.4) is 0 Å². The molecule has 3 aromatic heterocycles. The van der Waals surface area contributed by atoms with Crippen LogP contribution in [-0.4, -0.2) is 15.0 Å². The van der Waals surface area contributed by atoms with E-state index in [1.807, 2.05) is 19.3 Å². The monoisotopic (exact) mass is 241 g/mol. The minimum atomic E-state index is -0.410. The molecule has 0 spiro atoms. The van der Waals surface area contributed by atoms with E-state index in [2.05, 4.69) is 21.0 Å². The Hall–Kier alpha value is -2.23. The van der Waals surface area contributed by atoms with Crippen LogP contribution < -0.4 is 0 Å². The molecule has 18 heavy (non-hydrogen) atoms. The van der Waals surface area contributed by atoms with Crippen molar-refractivity contribution in [2.24, 2.45) is 0 Å². The average molecular weight is 241 g/mol. The van der Waals surface area contributed by atoms with E-state index in [1.54, 1.807) is 12.1 Å². The number of fused-ring (bicyclic) bond motifs is 1. The van der Waals surface area contributed by atoms with E-state index in [0.29, 0.717) is 12.0 Å². The lowest BCUT2D eigenvalue weighted by Gasteiger charge is -2.01. The normalized spacial score (nSPS) is 11.0. The molecule has 0 atom stereocenters. The highest BCUT2D eigenvalue weighted by atomic mass is 19.1. The first-order chi connectivity index (χ1) is 8.74. The van der Waals surface area contributed by atoms with Gasteiger partial charge in [-0.3, -0.25) is 0 Å². The summed E-state index contributed by atoms with van der Waals surface area (Å²) in [6, 6.07) is 5.56. The number of nitrogens with zero attached hydrogens (tertiary/aromatic N) is 2. The number of hydrogen-bond acceptors (Lipinski definition) is 2. The van der Waals surface area contributed by atoms with E-state index >= 15 is 0 Å². The number of rotatable bonds is 2. The first kappa shape index (κ1) is 10.9. The van der Waals surface area contributed by atoms with E-state index in [4.69, 9.17) is 0 Å². The van der Waals surface area contributed by atoms with Gasteiger partial charge in [-0.2, -0.15) is 4.39 Å². The Morgan fingerprint density at radius 2 is 2.17 bits per heavy atom. The zero-order valence-electron chi connectivity index (χ0n) is 9.94. The summed E-state index contributed by atoms with van der Waals surface area (Å²) in [5, 5.41) is 1.04. The molecular formula is C14H12FN3. The molecule has 3 aromatic rings. The fourth-order valence-electron chi connectivity index (χ4n) is 2.06. The number of halogens is 1. The van der Waals surface area contributed by atoms with Crippen molar-refractivity contribution >= 4 is 11.0 Å². The van der Waals surface area contributed by atoms with Gasteiger partial charge < -0.3 is 4.98 Å². The van der Waals surface area contributed by atoms with Gasteiger partial charge in [0.05, 0.1) is 0 Å². The molecule has 0 amide bonds. The van der Waals surface area contributed by atoms with Crippen LogP contribution in [0.15, 0.2) is 36.8 Å². The van der Waals surface area contributed by atoms with Crippen LogP contribution in [0.5, 0.6) is 0 Å². The van der Waals surface area contributed by atoms with Gasteiger partial charge in [0.25, 0.3) is 0 Å². The van der Waals surface area contributed by atoms with Crippen molar-refractivity contribution in [2.75, 3.05) is 0 Å². The maximum atomic E-state index is 13.5. The summed E-state index contributed by atoms with van der Waals surface area (Å²) in [5.41, 5.74) is 3.56. The van der Waals surface area contributed by atoms with Crippen LogP contribution in [-0.2, 0) is 6.42 Å². The Morgan fingerprint density at radius 3 is 3.00 bits per heavy atom. The summed E-state index contributed by atoms with van der Waals surface area (Å²) < 4.78 is 13.5. The highest BCUT2D eigenvalue weighted by Gasteiger charge is 2.09. The Balaban J connectivity index is 2.05. The van der Waals surface area contributed by atoms with Crippen LogP contribution in [0.2, 0.25) is 0 Å². The smallest absolute Gasteiger partial charge is 0.216 e. The largest absolute Gasteiger partial charge is 0.346 e. The summed E-state index contributed by atoms with van der Waals surface area (Å²) >= 11 is 0. The molecule has 0 aromatic carbocycles. The van der Waals surface area contributed by atoms with E-state index < -0.39 is 5.95 Å². The first-order valence-corrected chi connectivity index (χ1v) is 5.76. The molecular weight excluding hydrogens is 229 g/mol. The van der Waals surface area contributed by atoms with Crippen LogP contribution in [0.1, 0.15) is 16.7 Å². The number of aromatic amines is 1. The number of aromatic nitrogens is 3. The molecule has 0 saturated heterocycles. The van der Waals surface area contributed by atoms with Gasteiger partial charge in [0.2, 0.25) is 5.95 Å². The molecule has 3 rings (SSSR count). The van der Waals surface area contributed by atoms with E-state index in [1.165, 1.54) is 6.20 Å². The summed E-state index contributed by atoms with van der Waals surface area (Å²) in [4.78, 5) is 11.1. The standard InChI is InChI=1S/C14H12FN3/c1-9-5-12-11(8-18-14(12)17-7-9)6-10-3-2-4-16-13(10)15/h2-5,7-8H,6H2,1H3,(H,17,18). The molecule has 4 heteroatoms. The quantitative estimate of drug-likeness (QED) is 0.701. The van der Waals surface area contributed by atoms with E-state index in [0.717, 1.165) is 22.2 Å². The average Bonchev–Trinajstić information content (AvgIpc) is 2.75. The maximum Gasteiger partial charge on any atom is 0.216 e. The van der Waals surface area contributed by atoms with Crippen molar-refractivity contribution in [3.05, 3.63) is 59.4 Å². The third-order valence-corrected chi connectivity index (χ3v) is 2.97. The fraction of sp³-hybridized carbons (Fsp3) is 0.143. The number of hydrogen-bond donors (Lipinski definition) is 1. The van der Waals surface area contributed by atoms with Crippen LogP contribution in [0.25, 0.3) is 11.0 Å². The number of pyridine rings is 2. The predicted molar refractivity (Wildman–Crippen MR) is 67.8 cm³/mol. The summed E-state index contributed by atoms with van der Waals surface area (Å²) in [7, 11) is 0. The van der Waals surface area contributed by atoms with Gasteiger partial charge >= 0.3 is 0 Å². The SMILES string of the molecule is Cc1cnc2[nH]cc(Cc3cccnc3F)c2c1. The lowest BCUT2D eigenvalue weighted by Crippen LogP contribution is -1.94. The maximum absolute atomic E-state index is 13.5. The zero-order valence-corrected chi connectivity index (χ0v) is 9.94. The predicted octanol–water partition coefficient (Wildman–Crippen LogP) is 3.00. The van der Waals surface area contributed by atoms with Gasteiger partial charge in [-0.15, -0.1) is 0 Å². The lowest BCUT2D eigenvalue weighted by atomic mass is 10.1.